The van der Waals surface area contributed by atoms with Gasteiger partial charge < -0.3 is 11.1 Å². The lowest BCUT2D eigenvalue weighted by Gasteiger charge is -2.10. The Labute approximate surface area is 121 Å². The van der Waals surface area contributed by atoms with Gasteiger partial charge in [0.1, 0.15) is 0 Å². The minimum Gasteiger partial charge on any atom is -0.370 e. The van der Waals surface area contributed by atoms with Crippen molar-refractivity contribution in [1.29, 1.82) is 0 Å². The number of nitrogens with one attached hydrogen (secondary N) is 1. The van der Waals surface area contributed by atoms with Crippen LogP contribution in [0.1, 0.15) is 38.7 Å². The van der Waals surface area contributed by atoms with Crippen LogP contribution in [-0.4, -0.2) is 12.5 Å². The fourth-order valence-electron chi connectivity index (χ4n) is 1.49. The van der Waals surface area contributed by atoms with Crippen molar-refractivity contribution in [3.63, 3.8) is 0 Å². The summed E-state index contributed by atoms with van der Waals surface area (Å²) in [5.41, 5.74) is 8.03. The van der Waals surface area contributed by atoms with E-state index < -0.39 is 0 Å². The van der Waals surface area contributed by atoms with E-state index in [1.165, 1.54) is 5.56 Å². The van der Waals surface area contributed by atoms with Crippen molar-refractivity contribution < 1.29 is 0 Å². The zero-order chi connectivity index (χ0) is 12.0. The average molecular weight is 347 g/mol. The van der Waals surface area contributed by atoms with Gasteiger partial charge in [-0.25, -0.2) is 0 Å². The molecule has 1 rings (SSSR count). The van der Waals surface area contributed by atoms with Crippen molar-refractivity contribution >= 4 is 35.6 Å². The van der Waals surface area contributed by atoms with Gasteiger partial charge in [0.05, 0.1) is 0 Å². The van der Waals surface area contributed by atoms with Crippen LogP contribution in [0, 0.1) is 0 Å². The molecule has 1 aromatic carbocycles. The number of hydrogen-bond donors (Lipinski definition) is 2. The Morgan fingerprint density at radius 3 is 2.35 bits per heavy atom. The number of benzene rings is 1. The average Bonchev–Trinajstić information content (AvgIpc) is 2.29. The molecule has 0 amide bonds. The molecule has 1 aromatic rings. The summed E-state index contributed by atoms with van der Waals surface area (Å²) in [5, 5.41) is 3.05. The molecular weight excluding hydrogens is 325 g/mol. The number of anilines is 1. The zero-order valence-corrected chi connectivity index (χ0v) is 13.1. The Balaban J connectivity index is 0.00000256. The van der Waals surface area contributed by atoms with Crippen LogP contribution >= 0.6 is 24.0 Å². The van der Waals surface area contributed by atoms with Crippen LogP contribution in [0.3, 0.4) is 0 Å². The molecule has 3 nitrogen and oxygen atoms in total. The Morgan fingerprint density at radius 1 is 1.29 bits per heavy atom. The third-order valence-electron chi connectivity index (χ3n) is 2.69. The van der Waals surface area contributed by atoms with Crippen molar-refractivity contribution in [2.45, 2.75) is 33.1 Å². The van der Waals surface area contributed by atoms with Crippen molar-refractivity contribution in [3.8, 4) is 0 Å². The molecule has 0 radical (unpaired) electrons. The minimum absolute atomic E-state index is 0. The van der Waals surface area contributed by atoms with E-state index >= 15 is 0 Å². The first-order valence-electron chi connectivity index (χ1n) is 5.84. The third kappa shape index (κ3) is 5.39. The maximum atomic E-state index is 5.68. The summed E-state index contributed by atoms with van der Waals surface area (Å²) < 4.78 is 0. The minimum atomic E-state index is 0. The maximum absolute atomic E-state index is 5.68. The second-order valence-corrected chi connectivity index (χ2v) is 3.92. The first-order valence-corrected chi connectivity index (χ1v) is 5.84. The molecule has 96 valence electrons. The molecule has 0 aliphatic rings. The predicted molar refractivity (Wildman–Crippen MR) is 86.3 cm³/mol. The highest BCUT2D eigenvalue weighted by molar-refractivity contribution is 14.0. The van der Waals surface area contributed by atoms with Gasteiger partial charge in [0.15, 0.2) is 5.96 Å². The quantitative estimate of drug-likeness (QED) is 0.497. The summed E-state index contributed by atoms with van der Waals surface area (Å²) in [6.07, 6.45) is 1.16. The monoisotopic (exact) mass is 347 g/mol. The van der Waals surface area contributed by atoms with Gasteiger partial charge in [-0.05, 0) is 37.0 Å². The molecule has 0 spiro atoms. The highest BCUT2D eigenvalue weighted by Crippen LogP contribution is 2.20. The number of hydrogen-bond acceptors (Lipinski definition) is 1. The summed E-state index contributed by atoms with van der Waals surface area (Å²) >= 11 is 0. The zero-order valence-electron chi connectivity index (χ0n) is 10.7. The molecular formula is C13H22IN3. The summed E-state index contributed by atoms with van der Waals surface area (Å²) in [6, 6.07) is 8.35. The predicted octanol–water partition coefficient (Wildman–Crippen LogP) is 3.56. The van der Waals surface area contributed by atoms with Crippen molar-refractivity contribution in [1.82, 2.24) is 0 Å². The van der Waals surface area contributed by atoms with Crippen LogP contribution < -0.4 is 11.1 Å². The number of halogens is 1. The van der Waals surface area contributed by atoms with E-state index in [-0.39, 0.29) is 24.0 Å². The lowest BCUT2D eigenvalue weighted by molar-refractivity contribution is 0.734. The van der Waals surface area contributed by atoms with Crippen molar-refractivity contribution in [2.24, 2.45) is 10.7 Å². The smallest absolute Gasteiger partial charge is 0.193 e. The second-order valence-electron chi connectivity index (χ2n) is 3.92. The van der Waals surface area contributed by atoms with E-state index in [1.807, 2.05) is 19.1 Å². The lowest BCUT2D eigenvalue weighted by atomic mass is 9.99. The fraction of sp³-hybridized carbons (Fsp3) is 0.462. The molecule has 0 aromatic heterocycles. The number of nitrogens with zero attached hydrogens (tertiary/aromatic N) is 1. The first kappa shape index (κ1) is 16.2. The van der Waals surface area contributed by atoms with E-state index in [9.17, 15) is 0 Å². The lowest BCUT2D eigenvalue weighted by Crippen LogP contribution is -2.22. The van der Waals surface area contributed by atoms with E-state index in [0.717, 1.165) is 12.1 Å². The molecule has 17 heavy (non-hydrogen) atoms. The summed E-state index contributed by atoms with van der Waals surface area (Å²) in [6.45, 7) is 7.09. The third-order valence-corrected chi connectivity index (χ3v) is 2.69. The van der Waals surface area contributed by atoms with Gasteiger partial charge >= 0.3 is 0 Å². The van der Waals surface area contributed by atoms with Gasteiger partial charge in [-0.15, -0.1) is 24.0 Å². The second kappa shape index (κ2) is 8.33. The highest BCUT2D eigenvalue weighted by Gasteiger charge is 2.02. The van der Waals surface area contributed by atoms with Gasteiger partial charge in [-0.2, -0.15) is 0 Å². The standard InChI is InChI=1S/C13H21N3.HI/c1-4-10(3)11-6-8-12(9-7-11)16-13(14)15-5-2;/h6-10H,4-5H2,1-3H3,(H3,14,15,16);1H. The molecule has 0 saturated carbocycles. The van der Waals surface area contributed by atoms with E-state index in [2.05, 4.69) is 36.3 Å². The Bertz CT molecular complexity index is 346. The topological polar surface area (TPSA) is 50.4 Å². The van der Waals surface area contributed by atoms with E-state index in [0.29, 0.717) is 18.4 Å². The van der Waals surface area contributed by atoms with Gasteiger partial charge in [-0.1, -0.05) is 26.0 Å². The summed E-state index contributed by atoms with van der Waals surface area (Å²) in [7, 11) is 0. The number of rotatable bonds is 4. The molecule has 4 heteroatoms. The van der Waals surface area contributed by atoms with Crippen molar-refractivity contribution in [3.05, 3.63) is 29.8 Å². The van der Waals surface area contributed by atoms with Crippen LogP contribution in [0.15, 0.2) is 29.3 Å². The Kier molecular flexibility index (Phi) is 7.95. The largest absolute Gasteiger partial charge is 0.370 e. The molecule has 0 fully saturated rings. The molecule has 1 atom stereocenters. The molecule has 0 aliphatic carbocycles. The Morgan fingerprint density at radius 2 is 1.88 bits per heavy atom. The number of aliphatic imine (C=N–C) groups is 1. The van der Waals surface area contributed by atoms with Crippen molar-refractivity contribution in [2.75, 3.05) is 11.9 Å². The van der Waals surface area contributed by atoms with Gasteiger partial charge in [0.25, 0.3) is 0 Å². The van der Waals surface area contributed by atoms with Crippen LogP contribution in [0.25, 0.3) is 0 Å². The number of nitrogens with two attached hydrogens (primary N) is 1. The normalized spacial score (nSPS) is 12.8. The number of guanidine groups is 1. The highest BCUT2D eigenvalue weighted by atomic mass is 127. The van der Waals surface area contributed by atoms with E-state index in [4.69, 9.17) is 5.73 Å². The van der Waals surface area contributed by atoms with Crippen LogP contribution in [0.4, 0.5) is 5.69 Å². The van der Waals surface area contributed by atoms with Gasteiger partial charge in [-0.3, -0.25) is 4.99 Å². The van der Waals surface area contributed by atoms with Crippen LogP contribution in [-0.2, 0) is 0 Å². The van der Waals surface area contributed by atoms with Crippen LogP contribution in [0.5, 0.6) is 0 Å². The van der Waals surface area contributed by atoms with Gasteiger partial charge in [0.2, 0.25) is 0 Å². The molecule has 0 heterocycles. The molecule has 0 bridgehead atoms. The fourth-order valence-corrected chi connectivity index (χ4v) is 1.49. The Hall–Kier alpha value is -0.780. The van der Waals surface area contributed by atoms with Gasteiger partial charge in [0, 0.05) is 12.2 Å². The molecule has 3 N–H and O–H groups in total. The SMILES string of the molecule is CCN=C(N)Nc1ccc(C(C)CC)cc1.I. The summed E-state index contributed by atoms with van der Waals surface area (Å²) in [4.78, 5) is 4.08. The molecule has 0 saturated heterocycles. The first-order chi connectivity index (χ1) is 7.67. The maximum Gasteiger partial charge on any atom is 0.193 e. The molecule has 0 aliphatic heterocycles. The summed E-state index contributed by atoms with van der Waals surface area (Å²) in [5.74, 6) is 1.08. The van der Waals surface area contributed by atoms with E-state index in [1.54, 1.807) is 0 Å². The molecule has 1 unspecified atom stereocenters. The van der Waals surface area contributed by atoms with Crippen LogP contribution in [0.2, 0.25) is 0 Å².